The summed E-state index contributed by atoms with van der Waals surface area (Å²) >= 11 is 2.24. The Kier molecular flexibility index (Phi) is 3.47. The van der Waals surface area contributed by atoms with Crippen molar-refractivity contribution in [2.45, 2.75) is 6.92 Å². The van der Waals surface area contributed by atoms with E-state index in [1.54, 1.807) is 13.0 Å². The van der Waals surface area contributed by atoms with Gasteiger partial charge in [0, 0.05) is 3.57 Å². The summed E-state index contributed by atoms with van der Waals surface area (Å²) in [5.41, 5.74) is 1.07. The normalized spacial score (nSPS) is 10.5. The molecule has 0 aromatic heterocycles. The number of hydrogen-bond acceptors (Lipinski definition) is 1. The number of carbonyl (C=O) groups is 1. The lowest BCUT2D eigenvalue weighted by molar-refractivity contribution is -0.112. The van der Waals surface area contributed by atoms with E-state index in [4.69, 9.17) is 0 Å². The Morgan fingerprint density at radius 2 is 2.25 bits per heavy atom. The van der Waals surface area contributed by atoms with Crippen LogP contribution in [0.15, 0.2) is 30.3 Å². The van der Waals surface area contributed by atoms with E-state index in [-0.39, 0.29) is 5.78 Å². The molecule has 1 aromatic carbocycles. The molecule has 0 aliphatic carbocycles. The third-order valence-corrected chi connectivity index (χ3v) is 2.03. The van der Waals surface area contributed by atoms with Gasteiger partial charge in [-0.05, 0) is 53.3 Å². The molecule has 1 nitrogen and oxygen atoms in total. The van der Waals surface area contributed by atoms with Gasteiger partial charge in [0.05, 0.1) is 0 Å². The van der Waals surface area contributed by atoms with Gasteiger partial charge in [0.15, 0.2) is 5.78 Å². The summed E-state index contributed by atoms with van der Waals surface area (Å²) in [4.78, 5) is 10.6. The first-order valence-electron chi connectivity index (χ1n) is 3.63. The topological polar surface area (TPSA) is 17.1 Å². The van der Waals surface area contributed by atoms with Gasteiger partial charge in [-0.1, -0.05) is 18.2 Å². The van der Waals surface area contributed by atoms with Crippen LogP contribution in [0.4, 0.5) is 0 Å². The second kappa shape index (κ2) is 4.40. The van der Waals surface area contributed by atoms with Crippen LogP contribution in [0.5, 0.6) is 0 Å². The van der Waals surface area contributed by atoms with Crippen LogP contribution in [-0.2, 0) is 4.79 Å². The van der Waals surface area contributed by atoms with Gasteiger partial charge in [-0.25, -0.2) is 0 Å². The van der Waals surface area contributed by atoms with Crippen LogP contribution in [0.3, 0.4) is 0 Å². The van der Waals surface area contributed by atoms with Crippen molar-refractivity contribution < 1.29 is 4.79 Å². The molecule has 12 heavy (non-hydrogen) atoms. The summed E-state index contributed by atoms with van der Waals surface area (Å²) in [5, 5.41) is 0. The lowest BCUT2D eigenvalue weighted by Gasteiger charge is -1.92. The van der Waals surface area contributed by atoms with Gasteiger partial charge in [-0.2, -0.15) is 0 Å². The quantitative estimate of drug-likeness (QED) is 0.597. The van der Waals surface area contributed by atoms with Crippen LogP contribution in [0.1, 0.15) is 12.5 Å². The van der Waals surface area contributed by atoms with Crippen molar-refractivity contribution in [3.8, 4) is 0 Å². The fourth-order valence-electron chi connectivity index (χ4n) is 0.824. The molecule has 0 N–H and O–H groups in total. The number of ketones is 1. The monoisotopic (exact) mass is 272 g/mol. The minimum atomic E-state index is 0.0776. The van der Waals surface area contributed by atoms with Gasteiger partial charge < -0.3 is 0 Å². The maximum Gasteiger partial charge on any atom is 0.152 e. The number of hydrogen-bond donors (Lipinski definition) is 0. The van der Waals surface area contributed by atoms with Crippen LogP contribution in [-0.4, -0.2) is 5.78 Å². The van der Waals surface area contributed by atoms with Crippen molar-refractivity contribution >= 4 is 34.5 Å². The highest BCUT2D eigenvalue weighted by Crippen LogP contribution is 2.08. The zero-order valence-corrected chi connectivity index (χ0v) is 8.91. The van der Waals surface area contributed by atoms with Crippen molar-refractivity contribution in [3.05, 3.63) is 39.5 Å². The van der Waals surface area contributed by atoms with Crippen LogP contribution < -0.4 is 0 Å². The SMILES string of the molecule is CC(=O)/C=C/c1cccc(I)c1. The molecule has 62 valence electrons. The lowest BCUT2D eigenvalue weighted by atomic mass is 10.2. The largest absolute Gasteiger partial charge is 0.295 e. The molecule has 0 heterocycles. The Hall–Kier alpha value is -0.640. The number of carbonyl (C=O) groups excluding carboxylic acids is 1. The maximum atomic E-state index is 10.6. The summed E-state index contributed by atoms with van der Waals surface area (Å²) in [6.07, 6.45) is 3.40. The smallest absolute Gasteiger partial charge is 0.152 e. The second-order valence-corrected chi connectivity index (χ2v) is 3.74. The van der Waals surface area contributed by atoms with Crippen molar-refractivity contribution in [1.82, 2.24) is 0 Å². The van der Waals surface area contributed by atoms with E-state index in [1.807, 2.05) is 30.3 Å². The van der Waals surface area contributed by atoms with E-state index in [9.17, 15) is 4.79 Å². The minimum Gasteiger partial charge on any atom is -0.295 e. The highest BCUT2D eigenvalue weighted by Gasteiger charge is 1.88. The Labute approximate surface area is 85.6 Å². The minimum absolute atomic E-state index is 0.0776. The third-order valence-electron chi connectivity index (χ3n) is 1.36. The molecule has 0 saturated heterocycles. The van der Waals surface area contributed by atoms with E-state index in [2.05, 4.69) is 22.6 Å². The van der Waals surface area contributed by atoms with E-state index in [1.165, 1.54) is 3.57 Å². The first-order valence-corrected chi connectivity index (χ1v) is 4.70. The number of rotatable bonds is 2. The van der Waals surface area contributed by atoms with Gasteiger partial charge in [-0.3, -0.25) is 4.79 Å². The zero-order chi connectivity index (χ0) is 8.97. The van der Waals surface area contributed by atoms with Crippen LogP contribution in [0, 0.1) is 3.57 Å². The molecule has 2 heteroatoms. The summed E-state index contributed by atoms with van der Waals surface area (Å²) in [6.45, 7) is 1.55. The molecular formula is C10H9IO. The molecule has 0 radical (unpaired) electrons. The Bertz CT molecular complexity index is 315. The fourth-order valence-corrected chi connectivity index (χ4v) is 1.39. The van der Waals surface area contributed by atoms with Crippen molar-refractivity contribution in [2.24, 2.45) is 0 Å². The number of halogens is 1. The highest BCUT2D eigenvalue weighted by molar-refractivity contribution is 14.1. The van der Waals surface area contributed by atoms with Crippen molar-refractivity contribution in [3.63, 3.8) is 0 Å². The molecular weight excluding hydrogens is 263 g/mol. The van der Waals surface area contributed by atoms with E-state index in [0.29, 0.717) is 0 Å². The zero-order valence-electron chi connectivity index (χ0n) is 6.75. The van der Waals surface area contributed by atoms with Crippen LogP contribution >= 0.6 is 22.6 Å². The first kappa shape index (κ1) is 9.45. The second-order valence-electron chi connectivity index (χ2n) is 2.50. The fraction of sp³-hybridized carbons (Fsp3) is 0.100. The van der Waals surface area contributed by atoms with E-state index in [0.717, 1.165) is 5.56 Å². The standard InChI is InChI=1S/C10H9IO/c1-8(12)5-6-9-3-2-4-10(11)7-9/h2-7H,1H3/b6-5+. The molecule has 0 atom stereocenters. The molecule has 0 fully saturated rings. The van der Waals surface area contributed by atoms with Crippen LogP contribution in [0.2, 0.25) is 0 Å². The Morgan fingerprint density at radius 3 is 2.83 bits per heavy atom. The molecule has 0 saturated carbocycles. The highest BCUT2D eigenvalue weighted by atomic mass is 127. The molecule has 0 unspecified atom stereocenters. The summed E-state index contributed by atoms with van der Waals surface area (Å²) in [7, 11) is 0. The van der Waals surface area contributed by atoms with Gasteiger partial charge >= 0.3 is 0 Å². The Balaban J connectivity index is 2.83. The van der Waals surface area contributed by atoms with Crippen molar-refractivity contribution in [2.75, 3.05) is 0 Å². The predicted molar refractivity (Wildman–Crippen MR) is 58.9 cm³/mol. The average Bonchev–Trinajstić information content (AvgIpc) is 2.01. The molecule has 1 aromatic rings. The van der Waals surface area contributed by atoms with E-state index >= 15 is 0 Å². The van der Waals surface area contributed by atoms with Crippen LogP contribution in [0.25, 0.3) is 6.08 Å². The average molecular weight is 272 g/mol. The summed E-state index contributed by atoms with van der Waals surface area (Å²) in [6, 6.07) is 7.99. The lowest BCUT2D eigenvalue weighted by Crippen LogP contribution is -1.80. The molecule has 0 aliphatic rings. The molecule has 0 amide bonds. The van der Waals surface area contributed by atoms with Gasteiger partial charge in [-0.15, -0.1) is 0 Å². The summed E-state index contributed by atoms with van der Waals surface area (Å²) in [5.74, 6) is 0.0776. The summed E-state index contributed by atoms with van der Waals surface area (Å²) < 4.78 is 1.18. The molecule has 1 rings (SSSR count). The van der Waals surface area contributed by atoms with Gasteiger partial charge in [0.25, 0.3) is 0 Å². The number of allylic oxidation sites excluding steroid dienone is 1. The third kappa shape index (κ3) is 3.17. The molecule has 0 spiro atoms. The van der Waals surface area contributed by atoms with Gasteiger partial charge in [0.1, 0.15) is 0 Å². The first-order chi connectivity index (χ1) is 5.68. The maximum absolute atomic E-state index is 10.6. The molecule has 0 aliphatic heterocycles. The molecule has 0 bridgehead atoms. The van der Waals surface area contributed by atoms with Gasteiger partial charge in [0.2, 0.25) is 0 Å². The van der Waals surface area contributed by atoms with Crippen molar-refractivity contribution in [1.29, 1.82) is 0 Å². The number of benzene rings is 1. The van der Waals surface area contributed by atoms with E-state index < -0.39 is 0 Å². The Morgan fingerprint density at radius 1 is 1.50 bits per heavy atom. The predicted octanol–water partition coefficient (Wildman–Crippen LogP) is 2.89.